The van der Waals surface area contributed by atoms with Crippen LogP contribution < -0.4 is 76.1 Å². The minimum Gasteiger partial charge on any atom is -0.391 e. The number of carbonyl (C=O) groups excluding carboxylic acids is 10. The third-order valence-corrected chi connectivity index (χ3v) is 13.3. The van der Waals surface area contributed by atoms with Crippen LogP contribution >= 0.6 is 0 Å². The fraction of sp³-hybridized carbons (Fsp3) is 0.686. The van der Waals surface area contributed by atoms with Crippen LogP contribution in [0.3, 0.4) is 0 Å². The fourth-order valence-corrected chi connectivity index (χ4v) is 9.07. The van der Waals surface area contributed by atoms with E-state index in [9.17, 15) is 58.2 Å². The van der Waals surface area contributed by atoms with E-state index in [2.05, 4.69) is 53.2 Å². The van der Waals surface area contributed by atoms with Crippen molar-refractivity contribution in [2.45, 2.75) is 178 Å². The van der Waals surface area contributed by atoms with Gasteiger partial charge in [-0.05, 0) is 109 Å². The Hall–Kier alpha value is -6.32. The Labute approximate surface area is 450 Å². The van der Waals surface area contributed by atoms with E-state index in [1.54, 1.807) is 44.2 Å². The van der Waals surface area contributed by atoms with Crippen LogP contribution in [-0.4, -0.2) is 169 Å². The van der Waals surface area contributed by atoms with Crippen molar-refractivity contribution in [2.24, 2.45) is 34.8 Å². The highest BCUT2D eigenvalue weighted by atomic mass is 16.3. The molecule has 1 aromatic carbocycles. The summed E-state index contributed by atoms with van der Waals surface area (Å²) in [5.74, 6) is -8.60. The highest BCUT2D eigenvalue weighted by molar-refractivity contribution is 5.99. The number of aliphatic hydroxyl groups is 2. The van der Waals surface area contributed by atoms with Gasteiger partial charge in [0.2, 0.25) is 59.1 Å². The number of hydrogen-bond acceptors (Lipinski definition) is 16. The Morgan fingerprint density at radius 1 is 0.597 bits per heavy atom. The third-order valence-electron chi connectivity index (χ3n) is 13.3. The van der Waals surface area contributed by atoms with Gasteiger partial charge in [-0.2, -0.15) is 0 Å². The molecule has 11 atom stereocenters. The maximum absolute atomic E-state index is 14.4. The lowest BCUT2D eigenvalue weighted by Gasteiger charge is -2.28. The molecular formula is C51H86N14O12. The summed E-state index contributed by atoms with van der Waals surface area (Å²) in [5, 5.41) is 47.1. The first kappa shape index (κ1) is 65.0. The van der Waals surface area contributed by atoms with Gasteiger partial charge in [-0.1, -0.05) is 63.4 Å². The fourth-order valence-electron chi connectivity index (χ4n) is 9.07. The van der Waals surface area contributed by atoms with Crippen molar-refractivity contribution >= 4 is 59.1 Å². The molecule has 26 heteroatoms. The standard InChI is InChI=1S/C51H86N14O12/c1-28(2)25-38-48(74)59-33(15-20-52)43(69)58-36(18-23-55)47(73)65-41(29(3)66)50(76)56-24-19-37(46(72)57-34(16-21-53)45(71)63-39(49(75)62-38)26-31-11-7-5-8-12-31)60-44(70)35(17-22-54)61-51(77)42(30(4)67)64-40(68)27-32-13-9-6-10-14-32/h5,7-8,11-12,28-30,32-39,41-42,66-67H,6,9-10,13-27,52-55H2,1-4H3,(H,56,76)(H,57,72)(H,58,69)(H,59,74)(H,60,70)(H,61,77)(H,62,75)(H,63,71)(H,64,68)(H,65,73)/t29?,30?,33-,34-,35-,36-,37-,38-,39+,41-,42-/m0/s1. The number of carbonyl (C=O) groups is 10. The van der Waals surface area contributed by atoms with Crippen molar-refractivity contribution in [3.8, 4) is 0 Å². The van der Waals surface area contributed by atoms with Gasteiger partial charge in [0.1, 0.15) is 54.4 Å². The van der Waals surface area contributed by atoms with Gasteiger partial charge in [0, 0.05) is 19.4 Å². The lowest BCUT2D eigenvalue weighted by atomic mass is 9.87. The van der Waals surface area contributed by atoms with E-state index in [-0.39, 0.29) is 83.0 Å². The highest BCUT2D eigenvalue weighted by Crippen LogP contribution is 2.26. The predicted molar refractivity (Wildman–Crippen MR) is 284 cm³/mol. The summed E-state index contributed by atoms with van der Waals surface area (Å²) in [5.41, 5.74) is 24.1. The zero-order chi connectivity index (χ0) is 57.2. The summed E-state index contributed by atoms with van der Waals surface area (Å²) in [4.78, 5) is 139. The second kappa shape index (κ2) is 33.8. The second-order valence-electron chi connectivity index (χ2n) is 20.4. The molecule has 432 valence electrons. The Bertz CT molecular complexity index is 2110. The molecule has 2 unspecified atom stereocenters. The average Bonchev–Trinajstić information content (AvgIpc) is 3.37. The molecule has 0 spiro atoms. The molecule has 1 aromatic rings. The number of hydrogen-bond donors (Lipinski definition) is 16. The highest BCUT2D eigenvalue weighted by Gasteiger charge is 2.37. The van der Waals surface area contributed by atoms with Gasteiger partial charge in [0.15, 0.2) is 0 Å². The summed E-state index contributed by atoms with van der Waals surface area (Å²) >= 11 is 0. The van der Waals surface area contributed by atoms with Gasteiger partial charge in [0.25, 0.3) is 0 Å². The summed E-state index contributed by atoms with van der Waals surface area (Å²) in [6.07, 6.45) is 0.842. The number of aliphatic hydroxyl groups excluding tert-OH is 2. The monoisotopic (exact) mass is 1090 g/mol. The number of nitrogens with two attached hydrogens (primary N) is 4. The molecule has 77 heavy (non-hydrogen) atoms. The Morgan fingerprint density at radius 2 is 1.10 bits per heavy atom. The molecule has 1 aliphatic heterocycles. The number of benzene rings is 1. The van der Waals surface area contributed by atoms with Crippen molar-refractivity contribution in [3.05, 3.63) is 35.9 Å². The summed E-state index contributed by atoms with van der Waals surface area (Å²) in [7, 11) is 0. The van der Waals surface area contributed by atoms with Crippen LogP contribution in [0, 0.1) is 11.8 Å². The summed E-state index contributed by atoms with van der Waals surface area (Å²) in [6.45, 7) is 5.14. The Balaban J connectivity index is 2.09. The normalized spacial score (nSPS) is 24.7. The molecule has 1 saturated heterocycles. The Kier molecular flexibility index (Phi) is 28.5. The molecule has 3 rings (SSSR count). The van der Waals surface area contributed by atoms with Gasteiger partial charge in [-0.25, -0.2) is 0 Å². The zero-order valence-corrected chi connectivity index (χ0v) is 44.9. The predicted octanol–water partition coefficient (Wildman–Crippen LogP) is -4.71. The van der Waals surface area contributed by atoms with Crippen LogP contribution in [0.2, 0.25) is 0 Å². The Morgan fingerprint density at radius 3 is 1.62 bits per heavy atom. The molecule has 10 amide bonds. The lowest BCUT2D eigenvalue weighted by molar-refractivity contribution is -0.136. The maximum atomic E-state index is 14.4. The average molecular weight is 1090 g/mol. The molecule has 1 heterocycles. The van der Waals surface area contributed by atoms with Crippen LogP contribution in [0.4, 0.5) is 0 Å². The third kappa shape index (κ3) is 22.3. The van der Waals surface area contributed by atoms with E-state index in [0.717, 1.165) is 32.1 Å². The number of rotatable bonds is 21. The van der Waals surface area contributed by atoms with Gasteiger partial charge in [-0.15, -0.1) is 0 Å². The molecule has 0 aromatic heterocycles. The molecule has 0 radical (unpaired) electrons. The number of amides is 10. The van der Waals surface area contributed by atoms with Gasteiger partial charge in [0.05, 0.1) is 12.2 Å². The molecule has 2 fully saturated rings. The largest absolute Gasteiger partial charge is 0.391 e. The van der Waals surface area contributed by atoms with Crippen LogP contribution in [0.5, 0.6) is 0 Å². The quantitative estimate of drug-likeness (QED) is 0.0550. The first-order valence-electron chi connectivity index (χ1n) is 26.8. The van der Waals surface area contributed by atoms with Crippen molar-refractivity contribution < 1.29 is 58.2 Å². The first-order valence-corrected chi connectivity index (χ1v) is 26.8. The van der Waals surface area contributed by atoms with E-state index in [1.807, 2.05) is 0 Å². The van der Waals surface area contributed by atoms with Crippen LogP contribution in [0.25, 0.3) is 0 Å². The first-order chi connectivity index (χ1) is 36.6. The van der Waals surface area contributed by atoms with Crippen LogP contribution in [0.1, 0.15) is 110 Å². The molecule has 0 bridgehead atoms. The van der Waals surface area contributed by atoms with E-state index in [1.165, 1.54) is 13.8 Å². The van der Waals surface area contributed by atoms with Crippen molar-refractivity contribution in [2.75, 3.05) is 32.7 Å². The molecular weight excluding hydrogens is 1000 g/mol. The second-order valence-corrected chi connectivity index (χ2v) is 20.4. The minimum atomic E-state index is -1.65. The molecule has 2 aliphatic rings. The van der Waals surface area contributed by atoms with Gasteiger partial charge in [-0.3, -0.25) is 47.9 Å². The van der Waals surface area contributed by atoms with Gasteiger partial charge < -0.3 is 86.3 Å². The minimum absolute atomic E-state index is 0.0639. The smallest absolute Gasteiger partial charge is 0.245 e. The van der Waals surface area contributed by atoms with Crippen molar-refractivity contribution in [1.29, 1.82) is 0 Å². The molecule has 20 N–H and O–H groups in total. The van der Waals surface area contributed by atoms with Crippen molar-refractivity contribution in [3.63, 3.8) is 0 Å². The molecule has 26 nitrogen and oxygen atoms in total. The van der Waals surface area contributed by atoms with E-state index in [0.29, 0.717) is 5.56 Å². The summed E-state index contributed by atoms with van der Waals surface area (Å²) in [6, 6.07) is -4.41. The lowest BCUT2D eigenvalue weighted by Crippen LogP contribution is -2.61. The molecule has 1 aliphatic carbocycles. The van der Waals surface area contributed by atoms with E-state index >= 15 is 0 Å². The van der Waals surface area contributed by atoms with Crippen LogP contribution in [0.15, 0.2) is 30.3 Å². The van der Waals surface area contributed by atoms with Gasteiger partial charge >= 0.3 is 0 Å². The van der Waals surface area contributed by atoms with Crippen molar-refractivity contribution in [1.82, 2.24) is 53.2 Å². The topological polar surface area (TPSA) is 436 Å². The van der Waals surface area contributed by atoms with E-state index < -0.39 is 139 Å². The number of nitrogens with one attached hydrogen (secondary N) is 10. The summed E-state index contributed by atoms with van der Waals surface area (Å²) < 4.78 is 0. The SMILES string of the molecule is CC(C)C[C@@H]1NC(=O)[C@@H](Cc2ccccc2)NC(=O)[C@H](CCN)NC(=O)[C@@H](NC(=O)[C@H](CCN)NC(=O)[C@@H](NC(=O)CC2CCCCC2)C(C)O)CCNC(=O)[C@H](C(C)O)NC(=O)[C@H](CCN)NC(=O)[C@H](CCN)NC1=O. The van der Waals surface area contributed by atoms with Crippen LogP contribution in [-0.2, 0) is 54.4 Å². The van der Waals surface area contributed by atoms with E-state index in [4.69, 9.17) is 22.9 Å². The zero-order valence-electron chi connectivity index (χ0n) is 44.9. The maximum Gasteiger partial charge on any atom is 0.245 e. The molecule has 1 saturated carbocycles.